The summed E-state index contributed by atoms with van der Waals surface area (Å²) in [6, 6.07) is 5.33. The Bertz CT molecular complexity index is 847. The summed E-state index contributed by atoms with van der Waals surface area (Å²) in [6.07, 6.45) is 3.71. The number of ether oxygens (including phenoxy) is 2. The molecule has 1 aromatic heterocycles. The third-order valence-corrected chi connectivity index (χ3v) is 5.20. The first kappa shape index (κ1) is 17.9. The van der Waals surface area contributed by atoms with Gasteiger partial charge in [-0.25, -0.2) is 14.4 Å². The molecule has 142 valence electrons. The van der Waals surface area contributed by atoms with Gasteiger partial charge in [-0.3, -0.25) is 0 Å². The van der Waals surface area contributed by atoms with E-state index in [4.69, 9.17) is 9.47 Å². The van der Waals surface area contributed by atoms with Crippen LogP contribution < -0.4 is 14.5 Å². The van der Waals surface area contributed by atoms with E-state index in [2.05, 4.69) is 9.98 Å². The average Bonchev–Trinajstić information content (AvgIpc) is 3.21. The molecule has 1 fully saturated rings. The monoisotopic (exact) mass is 388 g/mol. The second kappa shape index (κ2) is 8.06. The molecule has 0 unspecified atom stereocenters. The highest BCUT2D eigenvalue weighted by molar-refractivity contribution is 7.11. The SMILES string of the molecule is CC1=CCN(c2ccc(N3CCOCC3)c(F)c2)C(COc2nccs2)=N1. The van der Waals surface area contributed by atoms with Crippen molar-refractivity contribution in [3.8, 4) is 5.19 Å². The molecule has 0 saturated carbocycles. The number of allylic oxidation sites excluding steroid dienone is 1. The smallest absolute Gasteiger partial charge is 0.273 e. The number of halogens is 1. The molecule has 0 N–H and O–H groups in total. The summed E-state index contributed by atoms with van der Waals surface area (Å²) < 4.78 is 25.9. The van der Waals surface area contributed by atoms with Crippen molar-refractivity contribution in [1.82, 2.24) is 4.98 Å². The quantitative estimate of drug-likeness (QED) is 0.787. The number of nitrogens with zero attached hydrogens (tertiary/aromatic N) is 4. The van der Waals surface area contributed by atoms with E-state index in [9.17, 15) is 4.39 Å². The van der Waals surface area contributed by atoms with Crippen molar-refractivity contribution in [2.45, 2.75) is 6.92 Å². The van der Waals surface area contributed by atoms with E-state index in [0.29, 0.717) is 43.7 Å². The zero-order valence-electron chi connectivity index (χ0n) is 15.1. The lowest BCUT2D eigenvalue weighted by Gasteiger charge is -2.31. The van der Waals surface area contributed by atoms with Crippen molar-refractivity contribution < 1.29 is 13.9 Å². The molecule has 6 nitrogen and oxygen atoms in total. The number of thiazole rings is 1. The van der Waals surface area contributed by atoms with Crippen molar-refractivity contribution in [3.05, 3.63) is 47.4 Å². The van der Waals surface area contributed by atoms with Crippen LogP contribution in [0, 0.1) is 5.82 Å². The zero-order valence-corrected chi connectivity index (χ0v) is 15.9. The first-order valence-electron chi connectivity index (χ1n) is 8.87. The summed E-state index contributed by atoms with van der Waals surface area (Å²) in [5.74, 6) is 0.504. The van der Waals surface area contributed by atoms with Crippen LogP contribution in [0.3, 0.4) is 0 Å². The highest BCUT2D eigenvalue weighted by Crippen LogP contribution is 2.27. The zero-order chi connectivity index (χ0) is 18.6. The van der Waals surface area contributed by atoms with Crippen molar-refractivity contribution >= 4 is 28.5 Å². The Morgan fingerprint density at radius 3 is 2.89 bits per heavy atom. The molecule has 0 aliphatic carbocycles. The maximum Gasteiger partial charge on any atom is 0.273 e. The van der Waals surface area contributed by atoms with Crippen LogP contribution in [-0.4, -0.2) is 50.3 Å². The van der Waals surface area contributed by atoms with Crippen LogP contribution in [-0.2, 0) is 4.74 Å². The second-order valence-corrected chi connectivity index (χ2v) is 7.16. The van der Waals surface area contributed by atoms with Gasteiger partial charge in [0.25, 0.3) is 5.19 Å². The van der Waals surface area contributed by atoms with Gasteiger partial charge in [0.1, 0.15) is 18.3 Å². The molecule has 1 aromatic carbocycles. The van der Waals surface area contributed by atoms with E-state index in [1.54, 1.807) is 12.3 Å². The van der Waals surface area contributed by atoms with Crippen LogP contribution in [0.4, 0.5) is 15.8 Å². The van der Waals surface area contributed by atoms with Gasteiger partial charge in [0, 0.05) is 42.6 Å². The Kier molecular flexibility index (Phi) is 5.35. The molecule has 2 aliphatic rings. The number of rotatable bonds is 5. The minimum absolute atomic E-state index is 0.235. The standard InChI is InChI=1S/C19H21FN4O2S/c1-14-4-6-24(18(22-14)13-26-19-21-5-11-27-19)15-2-3-17(16(20)12-15)23-7-9-25-10-8-23/h2-5,11-12H,6-10,13H2,1H3. The molecule has 8 heteroatoms. The normalized spacial score (nSPS) is 17.6. The minimum Gasteiger partial charge on any atom is -0.462 e. The van der Waals surface area contributed by atoms with Gasteiger partial charge in [-0.2, -0.15) is 0 Å². The summed E-state index contributed by atoms with van der Waals surface area (Å²) >= 11 is 1.43. The Morgan fingerprint density at radius 1 is 1.30 bits per heavy atom. The molecule has 2 aliphatic heterocycles. The first-order valence-corrected chi connectivity index (χ1v) is 9.75. The van der Waals surface area contributed by atoms with Crippen LogP contribution in [0.25, 0.3) is 0 Å². The van der Waals surface area contributed by atoms with E-state index in [1.807, 2.05) is 40.3 Å². The Balaban J connectivity index is 1.53. The number of hydrogen-bond acceptors (Lipinski definition) is 7. The second-order valence-electron chi connectivity index (χ2n) is 6.31. The van der Waals surface area contributed by atoms with E-state index in [0.717, 1.165) is 17.2 Å². The molecule has 2 aromatic rings. The highest BCUT2D eigenvalue weighted by Gasteiger charge is 2.21. The summed E-state index contributed by atoms with van der Waals surface area (Å²) in [7, 11) is 0. The van der Waals surface area contributed by atoms with Crippen LogP contribution in [0.5, 0.6) is 5.19 Å². The summed E-state index contributed by atoms with van der Waals surface area (Å²) in [6.45, 7) is 5.52. The molecule has 4 rings (SSSR count). The van der Waals surface area contributed by atoms with E-state index in [1.165, 1.54) is 11.3 Å². The topological polar surface area (TPSA) is 50.2 Å². The predicted molar refractivity (Wildman–Crippen MR) is 106 cm³/mol. The van der Waals surface area contributed by atoms with Crippen molar-refractivity contribution in [3.63, 3.8) is 0 Å². The predicted octanol–water partition coefficient (Wildman–Crippen LogP) is 3.32. The molecule has 0 spiro atoms. The molecule has 3 heterocycles. The van der Waals surface area contributed by atoms with E-state index < -0.39 is 0 Å². The summed E-state index contributed by atoms with van der Waals surface area (Å²) in [5, 5.41) is 2.46. The largest absolute Gasteiger partial charge is 0.462 e. The van der Waals surface area contributed by atoms with Crippen LogP contribution >= 0.6 is 11.3 Å². The molecule has 27 heavy (non-hydrogen) atoms. The summed E-state index contributed by atoms with van der Waals surface area (Å²) in [4.78, 5) is 12.7. The fourth-order valence-electron chi connectivity index (χ4n) is 3.14. The fraction of sp³-hybridized carbons (Fsp3) is 0.368. The van der Waals surface area contributed by atoms with Crippen molar-refractivity contribution in [2.75, 3.05) is 49.3 Å². The lowest BCUT2D eigenvalue weighted by Crippen LogP contribution is -2.38. The molecule has 1 saturated heterocycles. The average molecular weight is 388 g/mol. The third kappa shape index (κ3) is 4.12. The fourth-order valence-corrected chi connectivity index (χ4v) is 3.62. The molecular formula is C19H21FN4O2S. The maximum atomic E-state index is 14.8. The molecule has 0 radical (unpaired) electrons. The van der Waals surface area contributed by atoms with Gasteiger partial charge in [-0.15, -0.1) is 0 Å². The van der Waals surface area contributed by atoms with Gasteiger partial charge in [0.15, 0.2) is 0 Å². The Morgan fingerprint density at radius 2 is 2.15 bits per heavy atom. The van der Waals surface area contributed by atoms with E-state index in [-0.39, 0.29) is 12.4 Å². The summed E-state index contributed by atoms with van der Waals surface area (Å²) in [5.41, 5.74) is 2.30. The molecule has 0 bridgehead atoms. The third-order valence-electron chi connectivity index (χ3n) is 4.52. The van der Waals surface area contributed by atoms with Gasteiger partial charge >= 0.3 is 0 Å². The van der Waals surface area contributed by atoms with Crippen molar-refractivity contribution in [2.24, 2.45) is 4.99 Å². The number of hydrogen-bond donors (Lipinski definition) is 0. The first-order chi connectivity index (χ1) is 13.2. The number of amidine groups is 1. The number of aromatic nitrogens is 1. The van der Waals surface area contributed by atoms with Gasteiger partial charge in [-0.05, 0) is 31.2 Å². The lowest BCUT2D eigenvalue weighted by molar-refractivity contribution is 0.122. The number of benzene rings is 1. The molecule has 0 amide bonds. The van der Waals surface area contributed by atoms with Gasteiger partial charge in [0.05, 0.1) is 18.9 Å². The Labute approximate surface area is 161 Å². The molecule has 0 atom stereocenters. The van der Waals surface area contributed by atoms with Crippen molar-refractivity contribution in [1.29, 1.82) is 0 Å². The lowest BCUT2D eigenvalue weighted by atomic mass is 10.2. The van der Waals surface area contributed by atoms with Gasteiger partial charge < -0.3 is 19.3 Å². The number of aliphatic imine (C=N–C) groups is 1. The minimum atomic E-state index is -0.235. The van der Waals surface area contributed by atoms with E-state index >= 15 is 0 Å². The maximum absolute atomic E-state index is 14.8. The van der Waals surface area contributed by atoms with Crippen LogP contribution in [0.15, 0.2) is 46.5 Å². The number of anilines is 2. The number of morpholine rings is 1. The highest BCUT2D eigenvalue weighted by atomic mass is 32.1. The molecular weight excluding hydrogens is 367 g/mol. The Hall–Kier alpha value is -2.45. The van der Waals surface area contributed by atoms with Gasteiger partial charge in [0.2, 0.25) is 0 Å². The van der Waals surface area contributed by atoms with Crippen LogP contribution in [0.2, 0.25) is 0 Å². The van der Waals surface area contributed by atoms with Gasteiger partial charge in [-0.1, -0.05) is 11.3 Å². The van der Waals surface area contributed by atoms with Crippen LogP contribution in [0.1, 0.15) is 6.92 Å².